The average molecular weight is 224 g/mol. The molecule has 1 aromatic heterocycles. The van der Waals surface area contributed by atoms with Crippen molar-refractivity contribution in [3.8, 4) is 0 Å². The lowest BCUT2D eigenvalue weighted by molar-refractivity contribution is 0.0998. The van der Waals surface area contributed by atoms with Crippen molar-refractivity contribution in [1.82, 2.24) is 9.78 Å². The molecule has 5 N–H and O–H groups in total. The van der Waals surface area contributed by atoms with Gasteiger partial charge in [-0.3, -0.25) is 9.48 Å². The van der Waals surface area contributed by atoms with Crippen LogP contribution in [-0.4, -0.2) is 26.9 Å². The first kappa shape index (κ1) is 10.9. The second-order valence-electron chi connectivity index (χ2n) is 4.23. The molecule has 0 radical (unpaired) electrons. The maximum Gasteiger partial charge on any atom is 0.254 e. The van der Waals surface area contributed by atoms with Crippen LogP contribution in [0.4, 0.5) is 5.82 Å². The number of nitrogen functional groups attached to an aromatic ring is 1. The Morgan fingerprint density at radius 1 is 1.44 bits per heavy atom. The Balaban J connectivity index is 2.15. The molecule has 0 spiro atoms. The van der Waals surface area contributed by atoms with Crippen molar-refractivity contribution in [3.05, 3.63) is 11.8 Å². The molecular formula is C10H16N4O2. The second kappa shape index (κ2) is 4.13. The highest BCUT2D eigenvalue weighted by Gasteiger charge is 2.23. The maximum atomic E-state index is 11.0. The largest absolute Gasteiger partial charge is 0.393 e. The Bertz CT molecular complexity index is 394. The van der Waals surface area contributed by atoms with Crippen LogP contribution < -0.4 is 11.5 Å². The average Bonchev–Trinajstić information content (AvgIpc) is 2.61. The molecule has 16 heavy (non-hydrogen) atoms. The van der Waals surface area contributed by atoms with Gasteiger partial charge in [0.05, 0.1) is 12.1 Å². The van der Waals surface area contributed by atoms with E-state index >= 15 is 0 Å². The number of aliphatic hydroxyl groups is 1. The summed E-state index contributed by atoms with van der Waals surface area (Å²) in [4.78, 5) is 11.0. The smallest absolute Gasteiger partial charge is 0.254 e. The summed E-state index contributed by atoms with van der Waals surface area (Å²) in [7, 11) is 0. The molecule has 0 aromatic carbocycles. The van der Waals surface area contributed by atoms with E-state index in [1.807, 2.05) is 0 Å². The highest BCUT2D eigenvalue weighted by Crippen LogP contribution is 2.28. The maximum absolute atomic E-state index is 11.0. The van der Waals surface area contributed by atoms with Gasteiger partial charge in [-0.05, 0) is 25.7 Å². The third-order valence-corrected chi connectivity index (χ3v) is 3.07. The Morgan fingerprint density at radius 2 is 2.06 bits per heavy atom. The van der Waals surface area contributed by atoms with Gasteiger partial charge in [0.2, 0.25) is 0 Å². The van der Waals surface area contributed by atoms with Crippen molar-refractivity contribution in [2.75, 3.05) is 5.73 Å². The number of rotatable bonds is 2. The number of amides is 1. The Labute approximate surface area is 93.2 Å². The number of aromatic nitrogens is 2. The molecule has 1 aromatic rings. The van der Waals surface area contributed by atoms with Gasteiger partial charge in [0.15, 0.2) is 5.82 Å². The number of aliphatic hydroxyl groups excluding tert-OH is 1. The zero-order valence-electron chi connectivity index (χ0n) is 8.97. The molecule has 2 rings (SSSR count). The molecule has 6 heteroatoms. The Kier molecular flexibility index (Phi) is 2.82. The van der Waals surface area contributed by atoms with Crippen LogP contribution in [0.2, 0.25) is 0 Å². The fourth-order valence-electron chi connectivity index (χ4n) is 2.11. The molecule has 1 saturated carbocycles. The second-order valence-corrected chi connectivity index (χ2v) is 4.23. The van der Waals surface area contributed by atoms with E-state index in [4.69, 9.17) is 11.5 Å². The van der Waals surface area contributed by atoms with Crippen molar-refractivity contribution in [1.29, 1.82) is 0 Å². The number of anilines is 1. The van der Waals surface area contributed by atoms with Crippen LogP contribution in [0.25, 0.3) is 0 Å². The summed E-state index contributed by atoms with van der Waals surface area (Å²) < 4.78 is 1.70. The molecule has 1 aliphatic rings. The van der Waals surface area contributed by atoms with Crippen LogP contribution in [0.5, 0.6) is 0 Å². The summed E-state index contributed by atoms with van der Waals surface area (Å²) in [5, 5.41) is 13.5. The predicted octanol–water partition coefficient (Wildman–Crippen LogP) is 0.0402. The van der Waals surface area contributed by atoms with Crippen LogP contribution in [-0.2, 0) is 0 Å². The summed E-state index contributed by atoms with van der Waals surface area (Å²) in [6.07, 6.45) is 4.60. The third kappa shape index (κ3) is 2.01. The van der Waals surface area contributed by atoms with Gasteiger partial charge in [-0.1, -0.05) is 0 Å². The number of nitrogens with zero attached hydrogens (tertiary/aromatic N) is 2. The van der Waals surface area contributed by atoms with Crippen molar-refractivity contribution in [2.45, 2.75) is 37.8 Å². The van der Waals surface area contributed by atoms with E-state index in [0.29, 0.717) is 0 Å². The minimum absolute atomic E-state index is 0.179. The number of nitrogens with two attached hydrogens (primary N) is 2. The number of hydrogen-bond donors (Lipinski definition) is 3. The van der Waals surface area contributed by atoms with Gasteiger partial charge in [-0.2, -0.15) is 5.10 Å². The summed E-state index contributed by atoms with van der Waals surface area (Å²) >= 11 is 0. The standard InChI is InChI=1S/C10H16N4O2/c11-9-8(10(12)16)5-14(13-9)6-1-3-7(15)4-2-6/h5-7,15H,1-4H2,(H2,11,13)(H2,12,16). The van der Waals surface area contributed by atoms with Gasteiger partial charge >= 0.3 is 0 Å². The first-order valence-electron chi connectivity index (χ1n) is 5.40. The molecule has 1 fully saturated rings. The van der Waals surface area contributed by atoms with Gasteiger partial charge in [0, 0.05) is 6.20 Å². The topological polar surface area (TPSA) is 107 Å². The quantitative estimate of drug-likeness (QED) is 0.659. The molecule has 6 nitrogen and oxygen atoms in total. The fourth-order valence-corrected chi connectivity index (χ4v) is 2.11. The van der Waals surface area contributed by atoms with E-state index in [1.165, 1.54) is 0 Å². The van der Waals surface area contributed by atoms with E-state index in [1.54, 1.807) is 10.9 Å². The van der Waals surface area contributed by atoms with Gasteiger partial charge in [0.25, 0.3) is 5.91 Å². The zero-order chi connectivity index (χ0) is 11.7. The van der Waals surface area contributed by atoms with Gasteiger partial charge in [-0.15, -0.1) is 0 Å². The number of carbonyl (C=O) groups is 1. The summed E-state index contributed by atoms with van der Waals surface area (Å²) in [6, 6.07) is 0.207. The van der Waals surface area contributed by atoms with Crippen LogP contribution in [0.1, 0.15) is 42.1 Å². The molecule has 1 aliphatic carbocycles. The zero-order valence-corrected chi connectivity index (χ0v) is 8.97. The Morgan fingerprint density at radius 3 is 2.56 bits per heavy atom. The molecule has 0 aliphatic heterocycles. The van der Waals surface area contributed by atoms with Gasteiger partial charge in [-0.25, -0.2) is 0 Å². The summed E-state index contributed by atoms with van der Waals surface area (Å²) in [5.41, 5.74) is 11.0. The molecule has 0 bridgehead atoms. The van der Waals surface area contributed by atoms with Crippen molar-refractivity contribution >= 4 is 11.7 Å². The predicted molar refractivity (Wildman–Crippen MR) is 58.7 cm³/mol. The molecule has 0 saturated heterocycles. The van der Waals surface area contributed by atoms with E-state index in [-0.39, 0.29) is 23.5 Å². The van der Waals surface area contributed by atoms with Crippen LogP contribution >= 0.6 is 0 Å². The first-order valence-corrected chi connectivity index (χ1v) is 5.40. The van der Waals surface area contributed by atoms with E-state index < -0.39 is 5.91 Å². The minimum Gasteiger partial charge on any atom is -0.393 e. The van der Waals surface area contributed by atoms with Crippen molar-refractivity contribution in [3.63, 3.8) is 0 Å². The molecular weight excluding hydrogens is 208 g/mol. The summed E-state index contributed by atoms with van der Waals surface area (Å²) in [5.74, 6) is -0.377. The number of carbonyl (C=O) groups excluding carboxylic acids is 1. The highest BCUT2D eigenvalue weighted by atomic mass is 16.3. The number of hydrogen-bond acceptors (Lipinski definition) is 4. The van der Waals surface area contributed by atoms with Crippen LogP contribution in [0.15, 0.2) is 6.20 Å². The highest BCUT2D eigenvalue weighted by molar-refractivity contribution is 5.96. The normalized spacial score (nSPS) is 25.6. The number of primary amides is 1. The van der Waals surface area contributed by atoms with E-state index in [9.17, 15) is 9.90 Å². The van der Waals surface area contributed by atoms with E-state index in [0.717, 1.165) is 25.7 Å². The molecule has 1 amide bonds. The van der Waals surface area contributed by atoms with Crippen LogP contribution in [0, 0.1) is 0 Å². The van der Waals surface area contributed by atoms with Gasteiger partial charge < -0.3 is 16.6 Å². The molecule has 0 unspecified atom stereocenters. The summed E-state index contributed by atoms with van der Waals surface area (Å²) in [6.45, 7) is 0. The van der Waals surface area contributed by atoms with E-state index in [2.05, 4.69) is 5.10 Å². The Hall–Kier alpha value is -1.56. The van der Waals surface area contributed by atoms with Crippen molar-refractivity contribution in [2.24, 2.45) is 5.73 Å². The monoisotopic (exact) mass is 224 g/mol. The lowest BCUT2D eigenvalue weighted by Gasteiger charge is -2.25. The third-order valence-electron chi connectivity index (χ3n) is 3.07. The minimum atomic E-state index is -0.556. The lowest BCUT2D eigenvalue weighted by Crippen LogP contribution is -2.21. The molecule has 1 heterocycles. The molecule has 88 valence electrons. The fraction of sp³-hybridized carbons (Fsp3) is 0.600. The van der Waals surface area contributed by atoms with Crippen LogP contribution in [0.3, 0.4) is 0 Å². The first-order chi connectivity index (χ1) is 7.58. The van der Waals surface area contributed by atoms with Gasteiger partial charge in [0.1, 0.15) is 5.56 Å². The van der Waals surface area contributed by atoms with Crippen molar-refractivity contribution < 1.29 is 9.90 Å². The molecule has 0 atom stereocenters. The lowest BCUT2D eigenvalue weighted by atomic mass is 9.93. The SMILES string of the molecule is NC(=O)c1cn(C2CCC(O)CC2)nc1N.